The summed E-state index contributed by atoms with van der Waals surface area (Å²) in [6, 6.07) is 17.1. The first-order chi connectivity index (χ1) is 9.11. The summed E-state index contributed by atoms with van der Waals surface area (Å²) in [6.07, 6.45) is 2.08. The van der Waals surface area contributed by atoms with Gasteiger partial charge in [0.15, 0.2) is 0 Å². The summed E-state index contributed by atoms with van der Waals surface area (Å²) in [5.41, 5.74) is 3.66. The number of rotatable bonds is 4. The van der Waals surface area contributed by atoms with E-state index in [1.165, 1.54) is 10.5 Å². The summed E-state index contributed by atoms with van der Waals surface area (Å²) in [5, 5.41) is -0.0721. The Labute approximate surface area is 125 Å². The Morgan fingerprint density at radius 1 is 0.789 bits per heavy atom. The normalized spacial score (nSPS) is 12.7. The van der Waals surface area contributed by atoms with Crippen LogP contribution in [0.15, 0.2) is 53.4 Å². The highest BCUT2D eigenvalue weighted by Gasteiger charge is 2.11. The summed E-state index contributed by atoms with van der Waals surface area (Å²) in [7, 11) is 0. The van der Waals surface area contributed by atoms with Crippen LogP contribution in [0.4, 0.5) is 0 Å². The molecule has 2 heteroatoms. The number of hydrogen-bond donors (Lipinski definition) is 0. The standard InChI is InChI=1S/C17H19ClS/c1-12(2)13-4-6-14(7-5-13)17(18)15-8-10-16(19-3)11-9-15/h4-12,17H,1-3H3. The van der Waals surface area contributed by atoms with Crippen molar-refractivity contribution in [2.75, 3.05) is 6.26 Å². The molecule has 0 spiro atoms. The lowest BCUT2D eigenvalue weighted by Crippen LogP contribution is -1.94. The zero-order valence-electron chi connectivity index (χ0n) is 11.6. The van der Waals surface area contributed by atoms with Gasteiger partial charge in [0.25, 0.3) is 0 Å². The molecule has 0 amide bonds. The molecule has 0 radical (unpaired) electrons. The van der Waals surface area contributed by atoms with Crippen LogP contribution >= 0.6 is 23.4 Å². The fraction of sp³-hybridized carbons (Fsp3) is 0.294. The fourth-order valence-electron chi connectivity index (χ4n) is 2.02. The molecular weight excluding hydrogens is 272 g/mol. The molecule has 0 aliphatic heterocycles. The predicted molar refractivity (Wildman–Crippen MR) is 86.5 cm³/mol. The number of halogens is 1. The van der Waals surface area contributed by atoms with Crippen LogP contribution in [0.25, 0.3) is 0 Å². The van der Waals surface area contributed by atoms with Gasteiger partial charge in [-0.25, -0.2) is 0 Å². The highest BCUT2D eigenvalue weighted by Crippen LogP contribution is 2.30. The van der Waals surface area contributed by atoms with Crippen molar-refractivity contribution >= 4 is 23.4 Å². The van der Waals surface area contributed by atoms with E-state index in [2.05, 4.69) is 68.6 Å². The van der Waals surface area contributed by atoms with E-state index in [1.54, 1.807) is 11.8 Å². The quantitative estimate of drug-likeness (QED) is 0.502. The maximum Gasteiger partial charge on any atom is 0.0835 e. The van der Waals surface area contributed by atoms with E-state index in [9.17, 15) is 0 Å². The number of hydrogen-bond acceptors (Lipinski definition) is 1. The monoisotopic (exact) mass is 290 g/mol. The van der Waals surface area contributed by atoms with Crippen LogP contribution < -0.4 is 0 Å². The predicted octanol–water partition coefficient (Wildman–Crippen LogP) is 5.86. The third-order valence-electron chi connectivity index (χ3n) is 3.30. The average molecular weight is 291 g/mol. The van der Waals surface area contributed by atoms with Crippen molar-refractivity contribution < 1.29 is 0 Å². The second-order valence-corrected chi connectivity index (χ2v) is 6.27. The van der Waals surface area contributed by atoms with E-state index in [-0.39, 0.29) is 5.38 Å². The highest BCUT2D eigenvalue weighted by molar-refractivity contribution is 7.98. The molecule has 0 heterocycles. The molecular formula is C17H19ClS. The van der Waals surface area contributed by atoms with Crippen LogP contribution in [-0.2, 0) is 0 Å². The van der Waals surface area contributed by atoms with Gasteiger partial charge >= 0.3 is 0 Å². The molecule has 0 bridgehead atoms. The van der Waals surface area contributed by atoms with Gasteiger partial charge in [0.1, 0.15) is 0 Å². The van der Waals surface area contributed by atoms with E-state index >= 15 is 0 Å². The number of benzene rings is 2. The minimum Gasteiger partial charge on any atom is -0.130 e. The summed E-state index contributed by atoms with van der Waals surface area (Å²) >= 11 is 8.30. The number of thioether (sulfide) groups is 1. The first kappa shape index (κ1) is 14.5. The fourth-order valence-corrected chi connectivity index (χ4v) is 2.71. The summed E-state index contributed by atoms with van der Waals surface area (Å²) in [6.45, 7) is 4.41. The SMILES string of the molecule is CSc1ccc(C(Cl)c2ccc(C(C)C)cc2)cc1. The molecule has 19 heavy (non-hydrogen) atoms. The van der Waals surface area contributed by atoms with Gasteiger partial charge in [-0.2, -0.15) is 0 Å². The lowest BCUT2D eigenvalue weighted by atomic mass is 9.98. The maximum absolute atomic E-state index is 6.55. The summed E-state index contributed by atoms with van der Waals surface area (Å²) < 4.78 is 0. The molecule has 2 rings (SSSR count). The van der Waals surface area contributed by atoms with Gasteiger partial charge in [-0.05, 0) is 41.0 Å². The molecule has 0 N–H and O–H groups in total. The summed E-state index contributed by atoms with van der Waals surface area (Å²) in [4.78, 5) is 1.27. The molecule has 0 saturated heterocycles. The zero-order chi connectivity index (χ0) is 13.8. The second-order valence-electron chi connectivity index (χ2n) is 4.96. The van der Waals surface area contributed by atoms with Gasteiger partial charge in [0.05, 0.1) is 5.38 Å². The third kappa shape index (κ3) is 3.55. The third-order valence-corrected chi connectivity index (χ3v) is 4.55. The molecule has 0 aromatic heterocycles. The molecule has 1 unspecified atom stereocenters. The van der Waals surface area contributed by atoms with Crippen LogP contribution in [0.5, 0.6) is 0 Å². The molecule has 1 atom stereocenters. The molecule has 0 aliphatic rings. The van der Waals surface area contributed by atoms with Crippen LogP contribution in [0, 0.1) is 0 Å². The van der Waals surface area contributed by atoms with Crippen molar-refractivity contribution in [2.45, 2.75) is 30.0 Å². The number of alkyl halides is 1. The molecule has 0 aliphatic carbocycles. The van der Waals surface area contributed by atoms with Crippen molar-refractivity contribution in [3.63, 3.8) is 0 Å². The van der Waals surface area contributed by atoms with Crippen LogP contribution in [0.1, 0.15) is 41.8 Å². The largest absolute Gasteiger partial charge is 0.130 e. The van der Waals surface area contributed by atoms with Crippen LogP contribution in [0.3, 0.4) is 0 Å². The topological polar surface area (TPSA) is 0 Å². The van der Waals surface area contributed by atoms with Gasteiger partial charge in [0.2, 0.25) is 0 Å². The van der Waals surface area contributed by atoms with Crippen LogP contribution in [-0.4, -0.2) is 6.26 Å². The van der Waals surface area contributed by atoms with Crippen molar-refractivity contribution in [1.82, 2.24) is 0 Å². The maximum atomic E-state index is 6.55. The Morgan fingerprint density at radius 2 is 1.21 bits per heavy atom. The Morgan fingerprint density at radius 3 is 1.63 bits per heavy atom. The van der Waals surface area contributed by atoms with E-state index < -0.39 is 0 Å². The Kier molecular flexibility index (Phi) is 4.95. The molecule has 0 fully saturated rings. The molecule has 2 aromatic rings. The van der Waals surface area contributed by atoms with E-state index in [0.29, 0.717) is 5.92 Å². The smallest absolute Gasteiger partial charge is 0.0835 e. The van der Waals surface area contributed by atoms with Crippen molar-refractivity contribution in [2.24, 2.45) is 0 Å². The van der Waals surface area contributed by atoms with Crippen LogP contribution in [0.2, 0.25) is 0 Å². The lowest BCUT2D eigenvalue weighted by molar-refractivity contribution is 0.865. The van der Waals surface area contributed by atoms with Gasteiger partial charge < -0.3 is 0 Å². The highest BCUT2D eigenvalue weighted by atomic mass is 35.5. The zero-order valence-corrected chi connectivity index (χ0v) is 13.1. The van der Waals surface area contributed by atoms with Crippen molar-refractivity contribution in [3.05, 3.63) is 65.2 Å². The summed E-state index contributed by atoms with van der Waals surface area (Å²) in [5.74, 6) is 0.559. The van der Waals surface area contributed by atoms with E-state index in [1.807, 2.05) is 0 Å². The molecule has 2 aromatic carbocycles. The minimum atomic E-state index is -0.0721. The average Bonchev–Trinajstić information content (AvgIpc) is 2.46. The van der Waals surface area contributed by atoms with E-state index in [4.69, 9.17) is 11.6 Å². The first-order valence-corrected chi connectivity index (χ1v) is 8.16. The first-order valence-electron chi connectivity index (χ1n) is 6.49. The molecule has 0 nitrogen and oxygen atoms in total. The van der Waals surface area contributed by atoms with Gasteiger partial charge in [-0.3, -0.25) is 0 Å². The molecule has 0 saturated carbocycles. The van der Waals surface area contributed by atoms with Crippen molar-refractivity contribution in [1.29, 1.82) is 0 Å². The Balaban J connectivity index is 2.20. The Bertz CT molecular complexity index is 514. The second kappa shape index (κ2) is 6.49. The van der Waals surface area contributed by atoms with Crippen molar-refractivity contribution in [3.8, 4) is 0 Å². The van der Waals surface area contributed by atoms with Gasteiger partial charge in [0, 0.05) is 4.90 Å². The molecule has 100 valence electrons. The van der Waals surface area contributed by atoms with Gasteiger partial charge in [-0.15, -0.1) is 23.4 Å². The van der Waals surface area contributed by atoms with E-state index in [0.717, 1.165) is 11.1 Å². The lowest BCUT2D eigenvalue weighted by Gasteiger charge is -2.12. The van der Waals surface area contributed by atoms with Gasteiger partial charge in [-0.1, -0.05) is 50.2 Å². The minimum absolute atomic E-state index is 0.0721. The Hall–Kier alpha value is -0.920.